The Morgan fingerprint density at radius 3 is 2.36 bits per heavy atom. The maximum atomic E-state index is 13.9. The van der Waals surface area contributed by atoms with Gasteiger partial charge in [0.15, 0.2) is 17.2 Å². The van der Waals surface area contributed by atoms with E-state index in [0.717, 1.165) is 6.92 Å². The Hall–Kier alpha value is -3.01. The van der Waals surface area contributed by atoms with E-state index in [4.69, 9.17) is 4.74 Å². The van der Waals surface area contributed by atoms with Gasteiger partial charge in [-0.2, -0.15) is 0 Å². The van der Waals surface area contributed by atoms with E-state index in [1.54, 1.807) is 33.2 Å². The fourth-order valence-electron chi connectivity index (χ4n) is 5.84. The van der Waals surface area contributed by atoms with Crippen LogP contribution in [0.1, 0.15) is 31.4 Å². The summed E-state index contributed by atoms with van der Waals surface area (Å²) in [4.78, 5) is 40.8. The molecule has 5 unspecified atom stereocenters. The minimum Gasteiger partial charge on any atom is -0.508 e. The van der Waals surface area contributed by atoms with Crippen molar-refractivity contribution in [3.8, 4) is 5.75 Å². The number of phenolic OH excluding ortho intramolecular Hbond substituents is 1. The highest BCUT2D eigenvalue weighted by Gasteiger charge is 2.66. The number of ether oxygens (including phenoxy) is 1. The fourth-order valence-corrected chi connectivity index (χ4v) is 5.84. The zero-order valence-corrected chi connectivity index (χ0v) is 19.0. The van der Waals surface area contributed by atoms with Crippen LogP contribution in [0.3, 0.4) is 0 Å². The van der Waals surface area contributed by atoms with Crippen LogP contribution in [0.4, 0.5) is 0 Å². The Balaban J connectivity index is 2.07. The lowest BCUT2D eigenvalue weighted by Gasteiger charge is -2.53. The number of carbonyl (C=O) groups is 3. The highest BCUT2D eigenvalue weighted by Crippen LogP contribution is 2.58. The summed E-state index contributed by atoms with van der Waals surface area (Å²) in [5.74, 6) is -6.25. The van der Waals surface area contributed by atoms with Gasteiger partial charge in [0.05, 0.1) is 17.2 Å². The first kappa shape index (κ1) is 23.2. The van der Waals surface area contributed by atoms with Crippen LogP contribution >= 0.6 is 0 Å². The molecule has 0 saturated heterocycles. The largest absolute Gasteiger partial charge is 0.508 e. The molecule has 0 spiro atoms. The summed E-state index contributed by atoms with van der Waals surface area (Å²) in [6.07, 6.45) is -0.0229. The van der Waals surface area contributed by atoms with E-state index in [9.17, 15) is 34.8 Å². The van der Waals surface area contributed by atoms with Gasteiger partial charge in [-0.05, 0) is 46.0 Å². The highest BCUT2D eigenvalue weighted by molar-refractivity contribution is 6.25. The number of hydrogen-bond acceptors (Lipinski definition) is 9. The van der Waals surface area contributed by atoms with Crippen LogP contribution < -0.4 is 0 Å². The number of fused-ring (bicyclic) bond motifs is 3. The second-order valence-corrected chi connectivity index (χ2v) is 9.32. The summed E-state index contributed by atoms with van der Waals surface area (Å²) < 4.78 is 5.83. The van der Waals surface area contributed by atoms with Crippen LogP contribution in [0.5, 0.6) is 5.75 Å². The monoisotopic (exact) mass is 457 g/mol. The van der Waals surface area contributed by atoms with Crippen molar-refractivity contribution in [2.45, 2.75) is 37.5 Å². The van der Waals surface area contributed by atoms with Crippen molar-refractivity contribution in [2.75, 3.05) is 21.2 Å². The first-order chi connectivity index (χ1) is 15.3. The molecule has 0 amide bonds. The van der Waals surface area contributed by atoms with E-state index in [0.29, 0.717) is 5.56 Å². The van der Waals surface area contributed by atoms with Gasteiger partial charge in [0.1, 0.15) is 22.8 Å². The first-order valence-corrected chi connectivity index (χ1v) is 10.6. The molecule has 0 aromatic heterocycles. The number of hydrogen-bond donors (Lipinski definition) is 4. The smallest absolute Gasteiger partial charge is 0.202 e. The van der Waals surface area contributed by atoms with E-state index in [-0.39, 0.29) is 23.3 Å². The molecule has 4 rings (SSSR count). The zero-order chi connectivity index (χ0) is 24.6. The quantitative estimate of drug-likeness (QED) is 0.495. The lowest BCUT2D eigenvalue weighted by Crippen LogP contribution is -2.66. The number of benzene rings is 1. The zero-order valence-electron chi connectivity index (χ0n) is 19.0. The topological polar surface area (TPSA) is 145 Å². The molecule has 1 saturated carbocycles. The maximum absolute atomic E-state index is 13.9. The van der Waals surface area contributed by atoms with Crippen molar-refractivity contribution in [1.29, 1.82) is 0 Å². The van der Waals surface area contributed by atoms with E-state index < -0.39 is 63.5 Å². The van der Waals surface area contributed by atoms with Crippen LogP contribution in [0.25, 0.3) is 5.76 Å². The molecule has 4 N–H and O–H groups in total. The molecule has 1 aromatic rings. The van der Waals surface area contributed by atoms with E-state index in [1.807, 2.05) is 0 Å². The van der Waals surface area contributed by atoms with Crippen LogP contribution in [0.15, 0.2) is 35.1 Å². The van der Waals surface area contributed by atoms with Crippen molar-refractivity contribution in [3.05, 3.63) is 46.2 Å². The van der Waals surface area contributed by atoms with Gasteiger partial charge in [0, 0.05) is 24.5 Å². The van der Waals surface area contributed by atoms with Crippen LogP contribution in [0.2, 0.25) is 0 Å². The summed E-state index contributed by atoms with van der Waals surface area (Å²) in [5.41, 5.74) is -4.23. The maximum Gasteiger partial charge on any atom is 0.202 e. The standard InChI is InChI=1S/C24H27NO8/c1-10(26)15-20(29)18(25(3)4)13-9-12-17(22(31)24(13,32)21(15)30)19(28)16-11(23(12,2)33-5)7-6-8-14(16)27/h6-8,12-13,18,27-28,30,32H,9H2,1-5H3. The Kier molecular flexibility index (Phi) is 5.08. The van der Waals surface area contributed by atoms with E-state index >= 15 is 0 Å². The second-order valence-electron chi connectivity index (χ2n) is 9.32. The van der Waals surface area contributed by atoms with Gasteiger partial charge in [-0.15, -0.1) is 0 Å². The molecule has 0 heterocycles. The van der Waals surface area contributed by atoms with Crippen molar-refractivity contribution < 1.29 is 39.5 Å². The van der Waals surface area contributed by atoms with Gasteiger partial charge in [0.25, 0.3) is 0 Å². The van der Waals surface area contributed by atoms with Crippen molar-refractivity contribution in [1.82, 2.24) is 4.90 Å². The average molecular weight is 457 g/mol. The van der Waals surface area contributed by atoms with Gasteiger partial charge >= 0.3 is 0 Å². The van der Waals surface area contributed by atoms with Crippen LogP contribution in [-0.4, -0.2) is 75.5 Å². The number of aliphatic hydroxyl groups is 3. The third-order valence-corrected chi connectivity index (χ3v) is 7.53. The van der Waals surface area contributed by atoms with Gasteiger partial charge in [-0.1, -0.05) is 12.1 Å². The number of rotatable bonds is 3. The predicted molar refractivity (Wildman–Crippen MR) is 116 cm³/mol. The third-order valence-electron chi connectivity index (χ3n) is 7.53. The summed E-state index contributed by atoms with van der Waals surface area (Å²) in [6, 6.07) is 3.52. The molecule has 3 aliphatic rings. The summed E-state index contributed by atoms with van der Waals surface area (Å²) in [7, 11) is 4.60. The van der Waals surface area contributed by atoms with E-state index in [2.05, 4.69) is 0 Å². The highest BCUT2D eigenvalue weighted by atomic mass is 16.5. The van der Waals surface area contributed by atoms with Crippen molar-refractivity contribution in [3.63, 3.8) is 0 Å². The predicted octanol–water partition coefficient (Wildman–Crippen LogP) is 1.39. The SMILES string of the molecule is COC1(C)c2cccc(O)c2C(O)=C2C(=O)C3(O)C(O)=C(C(C)=O)C(=O)C(N(C)C)C3CC21. The average Bonchev–Trinajstić information content (AvgIpc) is 2.73. The molecule has 9 heteroatoms. The molecule has 1 fully saturated rings. The molecular weight excluding hydrogens is 430 g/mol. The molecule has 3 aliphatic carbocycles. The molecule has 176 valence electrons. The Morgan fingerprint density at radius 2 is 1.82 bits per heavy atom. The number of likely N-dealkylation sites (N-methyl/N-ethyl adjacent to an activating group) is 1. The second kappa shape index (κ2) is 7.24. The minimum absolute atomic E-state index is 0.00481. The van der Waals surface area contributed by atoms with Crippen molar-refractivity contribution >= 4 is 23.1 Å². The van der Waals surface area contributed by atoms with Gasteiger partial charge in [-0.3, -0.25) is 19.3 Å². The van der Waals surface area contributed by atoms with Gasteiger partial charge in [0.2, 0.25) is 5.78 Å². The molecule has 33 heavy (non-hydrogen) atoms. The lowest BCUT2D eigenvalue weighted by atomic mass is 9.54. The molecular formula is C24H27NO8. The third kappa shape index (κ3) is 2.73. The number of methoxy groups -OCH3 is 1. The molecule has 9 nitrogen and oxygen atoms in total. The Bertz CT molecular complexity index is 1160. The van der Waals surface area contributed by atoms with Crippen LogP contribution in [0, 0.1) is 11.8 Å². The lowest BCUT2D eigenvalue weighted by molar-refractivity contribution is -0.160. The fraction of sp³-hybridized carbons (Fsp3) is 0.458. The normalized spacial score (nSPS) is 33.7. The molecule has 0 radical (unpaired) electrons. The summed E-state index contributed by atoms with van der Waals surface area (Å²) in [6.45, 7) is 2.77. The van der Waals surface area contributed by atoms with Crippen LogP contribution in [-0.2, 0) is 24.7 Å². The van der Waals surface area contributed by atoms with Crippen molar-refractivity contribution in [2.24, 2.45) is 11.8 Å². The number of ketones is 3. The Morgan fingerprint density at radius 1 is 1.18 bits per heavy atom. The molecule has 1 aromatic carbocycles. The van der Waals surface area contributed by atoms with E-state index in [1.165, 1.54) is 18.1 Å². The number of nitrogens with zero attached hydrogens (tertiary/aromatic N) is 1. The summed E-state index contributed by atoms with van der Waals surface area (Å²) in [5, 5.41) is 44.2. The number of aromatic hydroxyl groups is 1. The number of carbonyl (C=O) groups excluding carboxylic acids is 3. The first-order valence-electron chi connectivity index (χ1n) is 10.6. The minimum atomic E-state index is -2.61. The molecule has 5 atom stereocenters. The van der Waals surface area contributed by atoms with Gasteiger partial charge in [-0.25, -0.2) is 0 Å². The van der Waals surface area contributed by atoms with Gasteiger partial charge < -0.3 is 25.2 Å². The summed E-state index contributed by atoms with van der Waals surface area (Å²) >= 11 is 0. The molecule has 0 bridgehead atoms. The number of aliphatic hydroxyl groups excluding tert-OH is 2. The molecule has 0 aliphatic heterocycles. The number of Topliss-reactive ketones (excluding diaryl/α,β-unsaturated/α-hetero) is 3. The Labute approximate surface area is 190 Å². The number of phenols is 1.